The van der Waals surface area contributed by atoms with Gasteiger partial charge in [0.25, 0.3) is 0 Å². The first-order valence-corrected chi connectivity index (χ1v) is 26.2. The molecule has 0 saturated carbocycles. The Morgan fingerprint density at radius 1 is 0.875 bits per heavy atom. The van der Waals surface area contributed by atoms with E-state index in [1.165, 1.54) is 5.56 Å². The van der Waals surface area contributed by atoms with Gasteiger partial charge in [0.1, 0.15) is 0 Å². The van der Waals surface area contributed by atoms with Crippen LogP contribution >= 0.6 is 0 Å². The SMILES string of the molecule is [CH3][Sn]([CH3])([CH3])/[CH]=[C](/c1ccccc1)[Sn]([CH3])([CH3])[CH3]. The molecule has 0 aliphatic heterocycles. The minimum atomic E-state index is -1.97. The van der Waals surface area contributed by atoms with Gasteiger partial charge in [-0.1, -0.05) is 0 Å². The van der Waals surface area contributed by atoms with Crippen molar-refractivity contribution in [3.8, 4) is 0 Å². The van der Waals surface area contributed by atoms with Crippen LogP contribution in [0, 0.1) is 0 Å². The summed E-state index contributed by atoms with van der Waals surface area (Å²) in [7, 11) is 0. The van der Waals surface area contributed by atoms with Crippen molar-refractivity contribution >= 4 is 40.3 Å². The zero-order valence-electron chi connectivity index (χ0n) is 11.5. The number of benzene rings is 1. The fourth-order valence-corrected chi connectivity index (χ4v) is 25.5. The fraction of sp³-hybridized carbons (Fsp3) is 0.429. The summed E-state index contributed by atoms with van der Waals surface area (Å²) in [4.78, 5) is 15.0. The van der Waals surface area contributed by atoms with Crippen LogP contribution in [0.15, 0.2) is 34.4 Å². The van der Waals surface area contributed by atoms with E-state index in [0.717, 1.165) is 0 Å². The first kappa shape index (κ1) is 14.6. The monoisotopic (exact) mass is 432 g/mol. The molecule has 1 aromatic carbocycles. The molecule has 1 aromatic rings. The van der Waals surface area contributed by atoms with Gasteiger partial charge in [-0.15, -0.1) is 0 Å². The second-order valence-corrected chi connectivity index (χ2v) is 35.3. The van der Waals surface area contributed by atoms with Crippen LogP contribution in [0.4, 0.5) is 0 Å². The Labute approximate surface area is 109 Å². The molecule has 0 fully saturated rings. The molecule has 88 valence electrons. The summed E-state index contributed by atoms with van der Waals surface area (Å²) < 4.78 is 4.43. The number of hydrogen-bond acceptors (Lipinski definition) is 0. The van der Waals surface area contributed by atoms with Gasteiger partial charge in [-0.25, -0.2) is 0 Å². The molecule has 0 saturated heterocycles. The molecule has 0 aliphatic rings. The van der Waals surface area contributed by atoms with E-state index < -0.39 is 36.8 Å². The van der Waals surface area contributed by atoms with E-state index in [4.69, 9.17) is 0 Å². The number of rotatable bonds is 3. The Morgan fingerprint density at radius 3 is 1.75 bits per heavy atom. The van der Waals surface area contributed by atoms with Gasteiger partial charge in [0, 0.05) is 0 Å². The van der Waals surface area contributed by atoms with Crippen LogP contribution < -0.4 is 0 Å². The molecule has 0 unspecified atom stereocenters. The molecule has 0 heterocycles. The summed E-state index contributed by atoms with van der Waals surface area (Å²) in [5.74, 6) is 0. The van der Waals surface area contributed by atoms with Crippen LogP contribution in [0.1, 0.15) is 5.56 Å². The Bertz CT molecular complexity index is 364. The van der Waals surface area contributed by atoms with Crippen molar-refractivity contribution in [2.75, 3.05) is 0 Å². The van der Waals surface area contributed by atoms with Gasteiger partial charge in [0.05, 0.1) is 0 Å². The average Bonchev–Trinajstić information content (AvgIpc) is 2.13. The van der Waals surface area contributed by atoms with Crippen LogP contribution in [-0.4, -0.2) is 36.8 Å². The van der Waals surface area contributed by atoms with Crippen LogP contribution in [0.5, 0.6) is 0 Å². The van der Waals surface area contributed by atoms with Crippen molar-refractivity contribution in [2.24, 2.45) is 0 Å². The Kier molecular flexibility index (Phi) is 4.99. The third-order valence-electron chi connectivity index (χ3n) is 2.47. The third kappa shape index (κ3) is 4.82. The average molecular weight is 430 g/mol. The maximum absolute atomic E-state index is 2.69. The molecule has 0 amide bonds. The van der Waals surface area contributed by atoms with E-state index >= 15 is 0 Å². The van der Waals surface area contributed by atoms with Gasteiger partial charge in [-0.3, -0.25) is 0 Å². The second kappa shape index (κ2) is 5.47. The fourth-order valence-electron chi connectivity index (χ4n) is 1.78. The standard InChI is InChI=1S/C8H6.6CH3.2Sn/c1-2-8-6-4-3-5-7-8;;;;;;;;/h1,3-7H;6*1H3;;. The molecular formula is C14H24Sn2. The Balaban J connectivity index is 3.24. The first-order valence-electron chi connectivity index (χ1n) is 5.99. The topological polar surface area (TPSA) is 0 Å². The predicted molar refractivity (Wildman–Crippen MR) is 81.1 cm³/mol. The zero-order valence-corrected chi connectivity index (χ0v) is 17.2. The van der Waals surface area contributed by atoms with Crippen molar-refractivity contribution in [1.82, 2.24) is 0 Å². The normalized spacial score (nSPS) is 14.0. The molecule has 0 spiro atoms. The third-order valence-corrected chi connectivity index (χ3v) is 14.0. The van der Waals surface area contributed by atoms with E-state index in [-0.39, 0.29) is 0 Å². The van der Waals surface area contributed by atoms with Crippen LogP contribution in [0.2, 0.25) is 29.6 Å². The van der Waals surface area contributed by atoms with Gasteiger partial charge >= 0.3 is 110 Å². The van der Waals surface area contributed by atoms with E-state index in [9.17, 15) is 0 Å². The van der Waals surface area contributed by atoms with Crippen LogP contribution in [0.3, 0.4) is 0 Å². The molecule has 0 aliphatic carbocycles. The maximum atomic E-state index is 2.69. The van der Waals surface area contributed by atoms with Crippen molar-refractivity contribution in [3.05, 3.63) is 40.0 Å². The molecular weight excluding hydrogens is 406 g/mol. The quantitative estimate of drug-likeness (QED) is 0.604. The minimum absolute atomic E-state index is 1.48. The summed E-state index contributed by atoms with van der Waals surface area (Å²) in [6.07, 6.45) is 0. The molecule has 0 bridgehead atoms. The molecule has 0 radical (unpaired) electrons. The van der Waals surface area contributed by atoms with Gasteiger partial charge in [-0.05, 0) is 0 Å². The van der Waals surface area contributed by atoms with Crippen LogP contribution in [-0.2, 0) is 0 Å². The summed E-state index contributed by atoms with van der Waals surface area (Å²) in [5.41, 5.74) is 1.48. The summed E-state index contributed by atoms with van der Waals surface area (Å²) in [6.45, 7) is 0. The summed E-state index contributed by atoms with van der Waals surface area (Å²) in [5, 5.41) is 0. The van der Waals surface area contributed by atoms with Gasteiger partial charge in [0.15, 0.2) is 0 Å². The van der Waals surface area contributed by atoms with Crippen LogP contribution in [0.25, 0.3) is 3.59 Å². The molecule has 2 heteroatoms. The van der Waals surface area contributed by atoms with Gasteiger partial charge in [0.2, 0.25) is 0 Å². The number of hydrogen-bond donors (Lipinski definition) is 0. The van der Waals surface area contributed by atoms with Gasteiger partial charge in [-0.2, -0.15) is 0 Å². The Hall–Kier alpha value is 0.557. The van der Waals surface area contributed by atoms with Crippen molar-refractivity contribution < 1.29 is 0 Å². The van der Waals surface area contributed by atoms with Crippen molar-refractivity contribution in [2.45, 2.75) is 29.6 Å². The van der Waals surface area contributed by atoms with E-state index in [0.29, 0.717) is 0 Å². The van der Waals surface area contributed by atoms with Crippen molar-refractivity contribution in [1.29, 1.82) is 0 Å². The molecule has 1 rings (SSSR count). The first-order chi connectivity index (χ1) is 7.20. The molecule has 0 atom stereocenters. The summed E-state index contributed by atoms with van der Waals surface area (Å²) in [6, 6.07) is 11.0. The van der Waals surface area contributed by atoms with Gasteiger partial charge < -0.3 is 0 Å². The second-order valence-electron chi connectivity index (χ2n) is 6.54. The van der Waals surface area contributed by atoms with E-state index in [2.05, 4.69) is 64.1 Å². The zero-order chi connectivity index (χ0) is 12.4. The van der Waals surface area contributed by atoms with E-state index in [1.54, 1.807) is 3.59 Å². The molecule has 0 aromatic heterocycles. The summed E-state index contributed by atoms with van der Waals surface area (Å²) >= 11 is -3.81. The molecule has 0 nitrogen and oxygen atoms in total. The molecule has 16 heavy (non-hydrogen) atoms. The Morgan fingerprint density at radius 2 is 1.38 bits per heavy atom. The van der Waals surface area contributed by atoms with E-state index in [1.807, 2.05) is 0 Å². The van der Waals surface area contributed by atoms with Crippen molar-refractivity contribution in [3.63, 3.8) is 0 Å². The predicted octanol–water partition coefficient (Wildman–Crippen LogP) is 4.82. The molecule has 0 N–H and O–H groups in total.